The lowest BCUT2D eigenvalue weighted by atomic mass is 10.1. The Bertz CT molecular complexity index is 668. The minimum Gasteiger partial charge on any atom is -0.454 e. The molecule has 7 heteroatoms. The summed E-state index contributed by atoms with van der Waals surface area (Å²) in [5, 5.41) is 0. The number of rotatable bonds is 6. The molecule has 1 aromatic carbocycles. The highest BCUT2D eigenvalue weighted by Gasteiger charge is 2.22. The fourth-order valence-corrected chi connectivity index (χ4v) is 4.19. The van der Waals surface area contributed by atoms with Crippen molar-refractivity contribution in [1.82, 2.24) is 19.6 Å². The number of nitrogens with zero attached hydrogens (tertiary/aromatic N) is 4. The molecular weight excluding hydrogens is 356 g/mol. The highest BCUT2D eigenvalue weighted by Crippen LogP contribution is 2.32. The Morgan fingerprint density at radius 2 is 1.57 bits per heavy atom. The Labute approximate surface area is 167 Å². The van der Waals surface area contributed by atoms with Gasteiger partial charge >= 0.3 is 0 Å². The standard InChI is InChI=1S/C21H32N4O3/c1-2-22-11-13-25(14-12-22)21(26)5-6-23-7-9-24(10-8-23)16-18-3-4-19-20(15-18)28-17-27-19/h3-4,15H,2,5-14,16-17H2,1H3. The summed E-state index contributed by atoms with van der Waals surface area (Å²) in [6, 6.07) is 6.21. The number of carbonyl (C=O) groups is 1. The monoisotopic (exact) mass is 388 g/mol. The third-order valence-corrected chi connectivity index (χ3v) is 6.12. The summed E-state index contributed by atoms with van der Waals surface area (Å²) in [5.41, 5.74) is 1.26. The van der Waals surface area contributed by atoms with Gasteiger partial charge in [-0.3, -0.25) is 9.69 Å². The quantitative estimate of drug-likeness (QED) is 0.727. The van der Waals surface area contributed by atoms with Crippen LogP contribution in [0.15, 0.2) is 18.2 Å². The number of benzene rings is 1. The zero-order valence-corrected chi connectivity index (χ0v) is 16.9. The van der Waals surface area contributed by atoms with Crippen molar-refractivity contribution >= 4 is 5.91 Å². The summed E-state index contributed by atoms with van der Waals surface area (Å²) in [4.78, 5) is 21.8. The first-order valence-electron chi connectivity index (χ1n) is 10.5. The first-order valence-corrected chi connectivity index (χ1v) is 10.5. The van der Waals surface area contributed by atoms with Gasteiger partial charge in [0.05, 0.1) is 0 Å². The van der Waals surface area contributed by atoms with E-state index in [0.29, 0.717) is 19.1 Å². The number of hydrogen-bond acceptors (Lipinski definition) is 6. The van der Waals surface area contributed by atoms with E-state index in [4.69, 9.17) is 9.47 Å². The van der Waals surface area contributed by atoms with E-state index < -0.39 is 0 Å². The third-order valence-electron chi connectivity index (χ3n) is 6.12. The second-order valence-corrected chi connectivity index (χ2v) is 7.87. The molecule has 3 heterocycles. The summed E-state index contributed by atoms with van der Waals surface area (Å²) in [7, 11) is 0. The fraction of sp³-hybridized carbons (Fsp3) is 0.667. The van der Waals surface area contributed by atoms with Crippen molar-refractivity contribution in [2.45, 2.75) is 19.9 Å². The van der Waals surface area contributed by atoms with Crippen molar-refractivity contribution in [2.75, 3.05) is 72.2 Å². The molecule has 28 heavy (non-hydrogen) atoms. The van der Waals surface area contributed by atoms with Gasteiger partial charge in [-0.1, -0.05) is 13.0 Å². The SMILES string of the molecule is CCN1CCN(C(=O)CCN2CCN(Cc3ccc4c(c3)OCO4)CC2)CC1. The lowest BCUT2D eigenvalue weighted by molar-refractivity contribution is -0.133. The van der Waals surface area contributed by atoms with Crippen molar-refractivity contribution in [1.29, 1.82) is 0 Å². The molecule has 0 atom stereocenters. The first kappa shape index (κ1) is 19.5. The zero-order valence-electron chi connectivity index (χ0n) is 16.9. The Morgan fingerprint density at radius 1 is 0.893 bits per heavy atom. The Hall–Kier alpha value is -1.83. The summed E-state index contributed by atoms with van der Waals surface area (Å²) in [6.07, 6.45) is 0.647. The molecule has 0 saturated carbocycles. The van der Waals surface area contributed by atoms with Crippen LogP contribution < -0.4 is 9.47 Å². The van der Waals surface area contributed by atoms with E-state index in [9.17, 15) is 4.79 Å². The average Bonchev–Trinajstić information content (AvgIpc) is 3.21. The molecule has 3 aliphatic rings. The highest BCUT2D eigenvalue weighted by atomic mass is 16.7. The van der Waals surface area contributed by atoms with E-state index in [1.165, 1.54) is 5.56 Å². The van der Waals surface area contributed by atoms with Gasteiger partial charge in [0.25, 0.3) is 0 Å². The van der Waals surface area contributed by atoms with Crippen LogP contribution in [0.2, 0.25) is 0 Å². The first-order chi connectivity index (χ1) is 13.7. The number of carbonyl (C=O) groups excluding carboxylic acids is 1. The summed E-state index contributed by atoms with van der Waals surface area (Å²) in [5.74, 6) is 2.02. The molecular formula is C21H32N4O3. The number of hydrogen-bond donors (Lipinski definition) is 0. The van der Waals surface area contributed by atoms with Crippen LogP contribution in [-0.2, 0) is 11.3 Å². The Balaban J connectivity index is 1.16. The number of piperazine rings is 2. The fourth-order valence-electron chi connectivity index (χ4n) is 4.19. The van der Waals surface area contributed by atoms with Crippen molar-refractivity contribution in [2.24, 2.45) is 0 Å². The predicted octanol–water partition coefficient (Wildman–Crippen LogP) is 1.09. The Morgan fingerprint density at radius 3 is 2.32 bits per heavy atom. The average molecular weight is 389 g/mol. The summed E-state index contributed by atoms with van der Waals surface area (Å²) >= 11 is 0. The van der Waals surface area contributed by atoms with Gasteiger partial charge in [0, 0.05) is 71.9 Å². The van der Waals surface area contributed by atoms with Crippen molar-refractivity contribution < 1.29 is 14.3 Å². The van der Waals surface area contributed by atoms with Crippen molar-refractivity contribution in [3.05, 3.63) is 23.8 Å². The van der Waals surface area contributed by atoms with E-state index in [1.807, 2.05) is 11.0 Å². The third kappa shape index (κ3) is 4.77. The molecule has 0 aliphatic carbocycles. The van der Waals surface area contributed by atoms with Gasteiger partial charge in [0.1, 0.15) is 0 Å². The molecule has 154 valence electrons. The van der Waals surface area contributed by atoms with Crippen LogP contribution in [0.25, 0.3) is 0 Å². The van der Waals surface area contributed by atoms with Crippen LogP contribution in [0.1, 0.15) is 18.9 Å². The molecule has 0 N–H and O–H groups in total. The van der Waals surface area contributed by atoms with Gasteiger partial charge in [-0.2, -0.15) is 0 Å². The van der Waals surface area contributed by atoms with Gasteiger partial charge in [-0.25, -0.2) is 0 Å². The minimum atomic E-state index is 0.318. The molecule has 0 bridgehead atoms. The minimum absolute atomic E-state index is 0.318. The van der Waals surface area contributed by atoms with Crippen LogP contribution >= 0.6 is 0 Å². The summed E-state index contributed by atoms with van der Waals surface area (Å²) in [6.45, 7) is 13.3. The molecule has 0 aromatic heterocycles. The molecule has 2 fully saturated rings. The number of amides is 1. The number of ether oxygens (including phenoxy) is 2. The van der Waals surface area contributed by atoms with Gasteiger partial charge < -0.3 is 24.2 Å². The predicted molar refractivity (Wildman–Crippen MR) is 108 cm³/mol. The van der Waals surface area contributed by atoms with Gasteiger partial charge in [-0.15, -0.1) is 0 Å². The van der Waals surface area contributed by atoms with Crippen molar-refractivity contribution in [3.63, 3.8) is 0 Å². The second kappa shape index (κ2) is 9.11. The molecule has 4 rings (SSSR count). The topological polar surface area (TPSA) is 48.5 Å². The molecule has 0 radical (unpaired) electrons. The lowest BCUT2D eigenvalue weighted by Crippen LogP contribution is -2.50. The number of likely N-dealkylation sites (N-methyl/N-ethyl adjacent to an activating group) is 1. The second-order valence-electron chi connectivity index (χ2n) is 7.87. The lowest BCUT2D eigenvalue weighted by Gasteiger charge is -2.36. The molecule has 1 amide bonds. The van der Waals surface area contributed by atoms with E-state index in [-0.39, 0.29) is 0 Å². The van der Waals surface area contributed by atoms with Crippen LogP contribution in [-0.4, -0.2) is 97.7 Å². The summed E-state index contributed by atoms with van der Waals surface area (Å²) < 4.78 is 10.9. The largest absolute Gasteiger partial charge is 0.454 e. The zero-order chi connectivity index (χ0) is 19.3. The van der Waals surface area contributed by atoms with E-state index in [0.717, 1.165) is 83.5 Å². The highest BCUT2D eigenvalue weighted by molar-refractivity contribution is 5.76. The van der Waals surface area contributed by atoms with E-state index in [1.54, 1.807) is 0 Å². The van der Waals surface area contributed by atoms with Crippen molar-refractivity contribution in [3.8, 4) is 11.5 Å². The van der Waals surface area contributed by atoms with E-state index in [2.05, 4.69) is 33.8 Å². The molecule has 0 unspecified atom stereocenters. The van der Waals surface area contributed by atoms with Crippen LogP contribution in [0, 0.1) is 0 Å². The van der Waals surface area contributed by atoms with Gasteiger partial charge in [0.15, 0.2) is 11.5 Å². The van der Waals surface area contributed by atoms with Crippen LogP contribution in [0.4, 0.5) is 0 Å². The Kier molecular flexibility index (Phi) is 6.34. The maximum Gasteiger partial charge on any atom is 0.231 e. The smallest absolute Gasteiger partial charge is 0.231 e. The molecule has 3 aliphatic heterocycles. The number of fused-ring (bicyclic) bond motifs is 1. The maximum absolute atomic E-state index is 12.5. The maximum atomic E-state index is 12.5. The van der Waals surface area contributed by atoms with Crippen LogP contribution in [0.3, 0.4) is 0 Å². The molecule has 1 aromatic rings. The molecule has 2 saturated heterocycles. The van der Waals surface area contributed by atoms with E-state index >= 15 is 0 Å². The normalized spacial score (nSPS) is 21.2. The van der Waals surface area contributed by atoms with Gasteiger partial charge in [-0.05, 0) is 24.2 Å². The molecule has 7 nitrogen and oxygen atoms in total. The van der Waals surface area contributed by atoms with Crippen LogP contribution in [0.5, 0.6) is 11.5 Å². The van der Waals surface area contributed by atoms with Gasteiger partial charge in [0.2, 0.25) is 12.7 Å². The molecule has 0 spiro atoms.